The molecule has 4 rings (SSSR count). The van der Waals surface area contributed by atoms with Gasteiger partial charge in [0.05, 0.1) is 17.7 Å². The van der Waals surface area contributed by atoms with Crippen molar-refractivity contribution >= 4 is 17.0 Å². The third kappa shape index (κ3) is 4.22. The SMILES string of the molecule is Cc1cccc(N=c2scc(-c3ccccc3F)n2CCCn2ccnc2)c1C. The summed E-state index contributed by atoms with van der Waals surface area (Å²) in [7, 11) is 0. The number of hydrogen-bond acceptors (Lipinski definition) is 3. The van der Waals surface area contributed by atoms with Gasteiger partial charge in [-0.1, -0.05) is 24.3 Å². The van der Waals surface area contributed by atoms with Crippen LogP contribution in [0.15, 0.2) is 71.6 Å². The summed E-state index contributed by atoms with van der Waals surface area (Å²) >= 11 is 1.55. The van der Waals surface area contributed by atoms with Gasteiger partial charge >= 0.3 is 0 Å². The van der Waals surface area contributed by atoms with Gasteiger partial charge in [-0.15, -0.1) is 11.3 Å². The molecule has 6 heteroatoms. The van der Waals surface area contributed by atoms with Crippen molar-refractivity contribution in [2.24, 2.45) is 4.99 Å². The van der Waals surface area contributed by atoms with Crippen molar-refractivity contribution in [3.8, 4) is 11.3 Å². The first-order valence-corrected chi connectivity index (χ1v) is 10.5. The fraction of sp³-hybridized carbons (Fsp3) is 0.217. The van der Waals surface area contributed by atoms with Crippen LogP contribution in [0.1, 0.15) is 17.5 Å². The van der Waals surface area contributed by atoms with E-state index in [1.807, 2.05) is 42.2 Å². The topological polar surface area (TPSA) is 35.1 Å². The lowest BCUT2D eigenvalue weighted by Gasteiger charge is -2.11. The van der Waals surface area contributed by atoms with E-state index >= 15 is 0 Å². The highest BCUT2D eigenvalue weighted by Gasteiger charge is 2.12. The van der Waals surface area contributed by atoms with E-state index in [2.05, 4.69) is 34.0 Å². The van der Waals surface area contributed by atoms with Crippen LogP contribution in [0.3, 0.4) is 0 Å². The Hall–Kier alpha value is -2.99. The first kappa shape index (κ1) is 19.3. The molecule has 2 aromatic carbocycles. The molecule has 0 amide bonds. The molecule has 4 aromatic rings. The van der Waals surface area contributed by atoms with E-state index in [1.54, 1.807) is 23.6 Å². The van der Waals surface area contributed by atoms with E-state index in [0.717, 1.165) is 35.7 Å². The zero-order valence-electron chi connectivity index (χ0n) is 16.5. The summed E-state index contributed by atoms with van der Waals surface area (Å²) in [5.74, 6) is -0.216. The van der Waals surface area contributed by atoms with Crippen molar-refractivity contribution < 1.29 is 4.39 Å². The number of benzene rings is 2. The van der Waals surface area contributed by atoms with Crippen LogP contribution >= 0.6 is 11.3 Å². The summed E-state index contributed by atoms with van der Waals surface area (Å²) in [6.07, 6.45) is 6.45. The van der Waals surface area contributed by atoms with Gasteiger partial charge in [0, 0.05) is 36.4 Å². The Kier molecular flexibility index (Phi) is 5.71. The first-order chi connectivity index (χ1) is 14.1. The van der Waals surface area contributed by atoms with Crippen LogP contribution in [0.5, 0.6) is 0 Å². The molecule has 0 aliphatic rings. The minimum absolute atomic E-state index is 0.216. The molecule has 0 fully saturated rings. The molecule has 0 aliphatic carbocycles. The normalized spacial score (nSPS) is 11.9. The maximum atomic E-state index is 14.5. The van der Waals surface area contributed by atoms with Crippen LogP contribution < -0.4 is 4.80 Å². The Bertz CT molecular complexity index is 1170. The van der Waals surface area contributed by atoms with E-state index in [0.29, 0.717) is 5.56 Å². The molecule has 0 aliphatic heterocycles. The minimum Gasteiger partial charge on any atom is -0.337 e. The Balaban J connectivity index is 1.75. The van der Waals surface area contributed by atoms with Crippen molar-refractivity contribution in [2.75, 3.05) is 0 Å². The third-order valence-electron chi connectivity index (χ3n) is 5.10. The molecule has 0 unspecified atom stereocenters. The van der Waals surface area contributed by atoms with Gasteiger partial charge in [0.25, 0.3) is 0 Å². The zero-order chi connectivity index (χ0) is 20.2. The van der Waals surface area contributed by atoms with Gasteiger partial charge in [0.1, 0.15) is 5.82 Å². The number of halogens is 1. The van der Waals surface area contributed by atoms with E-state index in [1.165, 1.54) is 17.2 Å². The minimum atomic E-state index is -0.216. The molecule has 2 heterocycles. The largest absolute Gasteiger partial charge is 0.337 e. The monoisotopic (exact) mass is 406 g/mol. The quantitative estimate of drug-likeness (QED) is 0.417. The second-order valence-corrected chi connectivity index (χ2v) is 7.86. The van der Waals surface area contributed by atoms with Crippen molar-refractivity contribution in [3.05, 3.63) is 88.3 Å². The van der Waals surface area contributed by atoms with Gasteiger partial charge in [0.15, 0.2) is 4.80 Å². The van der Waals surface area contributed by atoms with Crippen LogP contribution in [0.4, 0.5) is 10.1 Å². The molecular weight excluding hydrogens is 383 g/mol. The average Bonchev–Trinajstić information content (AvgIpc) is 3.37. The van der Waals surface area contributed by atoms with Crippen LogP contribution in [0.2, 0.25) is 0 Å². The second-order valence-electron chi connectivity index (χ2n) is 7.02. The first-order valence-electron chi connectivity index (χ1n) is 9.63. The molecule has 0 N–H and O–H groups in total. The Morgan fingerprint density at radius 1 is 1.07 bits per heavy atom. The van der Waals surface area contributed by atoms with E-state index in [-0.39, 0.29) is 5.82 Å². The Morgan fingerprint density at radius 3 is 2.72 bits per heavy atom. The van der Waals surface area contributed by atoms with Crippen molar-refractivity contribution in [3.63, 3.8) is 0 Å². The average molecular weight is 407 g/mol. The van der Waals surface area contributed by atoms with Crippen LogP contribution in [-0.4, -0.2) is 14.1 Å². The molecule has 0 saturated heterocycles. The highest BCUT2D eigenvalue weighted by molar-refractivity contribution is 7.07. The highest BCUT2D eigenvalue weighted by Crippen LogP contribution is 2.25. The van der Waals surface area contributed by atoms with Gasteiger partial charge in [0.2, 0.25) is 0 Å². The number of nitrogens with zero attached hydrogens (tertiary/aromatic N) is 4. The summed E-state index contributed by atoms with van der Waals surface area (Å²) in [5, 5.41) is 2.00. The standard InChI is InChI=1S/C23H23FN4S/c1-17-7-5-10-21(18(17)2)26-23-28(13-6-12-27-14-11-25-16-27)22(15-29-23)19-8-3-4-9-20(19)24/h3-5,7-11,14-16H,6,12-13H2,1-2H3. The lowest BCUT2D eigenvalue weighted by atomic mass is 10.1. The Labute approximate surface area is 173 Å². The van der Waals surface area contributed by atoms with Gasteiger partial charge in [-0.05, 0) is 49.6 Å². The summed E-state index contributed by atoms with van der Waals surface area (Å²) in [6.45, 7) is 5.77. The fourth-order valence-corrected chi connectivity index (χ4v) is 4.25. The summed E-state index contributed by atoms with van der Waals surface area (Å²) in [5.41, 5.74) is 4.80. The van der Waals surface area contributed by atoms with E-state index in [4.69, 9.17) is 4.99 Å². The van der Waals surface area contributed by atoms with Gasteiger partial charge < -0.3 is 9.13 Å². The zero-order valence-corrected chi connectivity index (χ0v) is 17.4. The van der Waals surface area contributed by atoms with Crippen molar-refractivity contribution in [1.82, 2.24) is 14.1 Å². The van der Waals surface area contributed by atoms with Crippen LogP contribution in [0, 0.1) is 19.7 Å². The van der Waals surface area contributed by atoms with E-state index in [9.17, 15) is 4.39 Å². The number of imidazole rings is 1. The van der Waals surface area contributed by atoms with Crippen LogP contribution in [-0.2, 0) is 13.1 Å². The molecule has 148 valence electrons. The number of thiazole rings is 1. The van der Waals surface area contributed by atoms with Gasteiger partial charge in [-0.2, -0.15) is 0 Å². The molecular formula is C23H23FN4S. The van der Waals surface area contributed by atoms with Gasteiger partial charge in [-0.3, -0.25) is 0 Å². The second kappa shape index (κ2) is 8.57. The summed E-state index contributed by atoms with van der Waals surface area (Å²) < 4.78 is 18.7. The molecule has 0 saturated carbocycles. The number of rotatable bonds is 6. The molecule has 0 radical (unpaired) electrons. The molecule has 29 heavy (non-hydrogen) atoms. The molecule has 0 spiro atoms. The third-order valence-corrected chi connectivity index (χ3v) is 5.96. The smallest absolute Gasteiger partial charge is 0.190 e. The van der Waals surface area contributed by atoms with Crippen molar-refractivity contribution in [2.45, 2.75) is 33.4 Å². The molecule has 0 atom stereocenters. The lowest BCUT2D eigenvalue weighted by Crippen LogP contribution is -2.17. The Morgan fingerprint density at radius 2 is 1.93 bits per heavy atom. The van der Waals surface area contributed by atoms with E-state index < -0.39 is 0 Å². The number of hydrogen-bond donors (Lipinski definition) is 0. The molecule has 2 aromatic heterocycles. The maximum Gasteiger partial charge on any atom is 0.190 e. The predicted molar refractivity (Wildman–Crippen MR) is 116 cm³/mol. The molecule has 0 bridgehead atoms. The highest BCUT2D eigenvalue weighted by atomic mass is 32.1. The summed E-state index contributed by atoms with van der Waals surface area (Å²) in [4.78, 5) is 9.91. The van der Waals surface area contributed by atoms with Gasteiger partial charge in [-0.25, -0.2) is 14.4 Å². The molecule has 4 nitrogen and oxygen atoms in total. The summed E-state index contributed by atoms with van der Waals surface area (Å²) in [6, 6.07) is 13.1. The van der Waals surface area contributed by atoms with Crippen LogP contribution in [0.25, 0.3) is 11.3 Å². The lowest BCUT2D eigenvalue weighted by molar-refractivity contribution is 0.557. The number of aryl methyl sites for hydroxylation is 2. The maximum absolute atomic E-state index is 14.5. The predicted octanol–water partition coefficient (Wildman–Crippen LogP) is 5.49. The number of aromatic nitrogens is 3. The van der Waals surface area contributed by atoms with Crippen molar-refractivity contribution in [1.29, 1.82) is 0 Å². The fourth-order valence-electron chi connectivity index (χ4n) is 3.31.